The maximum atomic E-state index is 12.6. The summed E-state index contributed by atoms with van der Waals surface area (Å²) in [5, 5.41) is 3.42. The number of nitrogens with one attached hydrogen (secondary N) is 1. The second-order valence-electron chi connectivity index (χ2n) is 16.2. The van der Waals surface area contributed by atoms with Gasteiger partial charge in [-0.2, -0.15) is 0 Å². The first-order chi connectivity index (χ1) is 24.2. The van der Waals surface area contributed by atoms with Crippen LogP contribution in [0.1, 0.15) is 206 Å². The van der Waals surface area contributed by atoms with E-state index in [2.05, 4.69) is 19.2 Å². The largest absolute Gasteiger partial charge is 0.756 e. The minimum atomic E-state index is -4.40. The van der Waals surface area contributed by atoms with Crippen LogP contribution in [0.4, 0.5) is 0 Å². The molecule has 1 N–H and O–H groups in total. The fourth-order valence-electron chi connectivity index (χ4n) is 6.44. The fraction of sp³-hybridized carbons (Fsp3) is 1.00. The number of likely N-dealkylation sites (N-methyl/N-ethyl adjacent to an activating group) is 1. The van der Waals surface area contributed by atoms with Gasteiger partial charge in [0.25, 0.3) is 7.82 Å². The van der Waals surface area contributed by atoms with Crippen molar-refractivity contribution in [1.82, 2.24) is 5.32 Å². The molecule has 0 aliphatic carbocycles. The molecule has 0 fully saturated rings. The molecule has 0 bridgehead atoms. The smallest absolute Gasteiger partial charge is 0.268 e. The molecule has 0 saturated heterocycles. The maximum Gasteiger partial charge on any atom is 0.268 e. The lowest BCUT2D eigenvalue weighted by atomic mass is 10.0. The lowest BCUT2D eigenvalue weighted by Crippen LogP contribution is -2.38. The van der Waals surface area contributed by atoms with E-state index in [0.29, 0.717) is 24.2 Å². The number of hydrogen-bond donors (Lipinski definition) is 1. The third kappa shape index (κ3) is 40.8. The van der Waals surface area contributed by atoms with Crippen molar-refractivity contribution in [3.63, 3.8) is 0 Å². The zero-order valence-electron chi connectivity index (χ0n) is 34.5. The normalized spacial score (nSPS) is 14.0. The zero-order valence-corrected chi connectivity index (χ0v) is 35.4. The molecule has 0 heterocycles. The van der Waals surface area contributed by atoms with Crippen molar-refractivity contribution in [2.75, 3.05) is 60.6 Å². The number of hydrogen-bond acceptors (Lipinski definition) is 6. The zero-order chi connectivity index (χ0) is 36.9. The van der Waals surface area contributed by atoms with Crippen molar-refractivity contribution in [2.45, 2.75) is 213 Å². The summed E-state index contributed by atoms with van der Waals surface area (Å²) >= 11 is 0. The third-order valence-corrected chi connectivity index (χ3v) is 10.9. The Balaban J connectivity index is 3.99. The van der Waals surface area contributed by atoms with E-state index in [9.17, 15) is 9.46 Å². The van der Waals surface area contributed by atoms with Crippen LogP contribution < -0.4 is 10.2 Å². The molecular weight excluding hydrogens is 643 g/mol. The van der Waals surface area contributed by atoms with Gasteiger partial charge in [0.2, 0.25) is 0 Å². The average molecular weight is 733 g/mol. The Bertz CT molecular complexity index is 721. The molecule has 0 aromatic carbocycles. The van der Waals surface area contributed by atoms with Gasteiger partial charge < -0.3 is 28.5 Å². The lowest BCUT2D eigenvalue weighted by molar-refractivity contribution is -0.870. The molecule has 0 radical (unpaired) electrons. The van der Waals surface area contributed by atoms with Crippen LogP contribution in [0.15, 0.2) is 0 Å². The number of ether oxygens (including phenoxy) is 1. The monoisotopic (exact) mass is 733 g/mol. The van der Waals surface area contributed by atoms with Crippen molar-refractivity contribution in [1.29, 1.82) is 0 Å². The molecule has 7 nitrogen and oxygen atoms in total. The lowest BCUT2D eigenvalue weighted by Gasteiger charge is -2.30. The van der Waals surface area contributed by atoms with Crippen molar-refractivity contribution < 1.29 is 27.7 Å². The Morgan fingerprint density at radius 1 is 0.540 bits per heavy atom. The molecule has 50 heavy (non-hydrogen) atoms. The molecule has 0 aliphatic heterocycles. The number of nitrogens with zero attached hydrogens (tertiary/aromatic N) is 1. The van der Waals surface area contributed by atoms with Crippen LogP contribution >= 0.6 is 7.82 Å². The Labute approximate surface area is 313 Å². The van der Waals surface area contributed by atoms with Gasteiger partial charge in [-0.25, -0.2) is 0 Å². The number of phosphoric acid groups is 1. The summed E-state index contributed by atoms with van der Waals surface area (Å²) < 4.78 is 29.8. The van der Waals surface area contributed by atoms with E-state index in [1.54, 1.807) is 0 Å². The molecule has 2 unspecified atom stereocenters. The molecule has 0 saturated carbocycles. The first-order valence-corrected chi connectivity index (χ1v) is 23.4. The van der Waals surface area contributed by atoms with Gasteiger partial charge in [-0.15, -0.1) is 0 Å². The molecular formula is C42H89N2O5P. The second-order valence-corrected chi connectivity index (χ2v) is 17.6. The highest BCUT2D eigenvalue weighted by atomic mass is 31.2. The van der Waals surface area contributed by atoms with Crippen LogP contribution in [0.25, 0.3) is 0 Å². The third-order valence-electron chi connectivity index (χ3n) is 9.81. The fourth-order valence-corrected chi connectivity index (χ4v) is 7.31. The van der Waals surface area contributed by atoms with Gasteiger partial charge in [0.15, 0.2) is 0 Å². The summed E-state index contributed by atoms with van der Waals surface area (Å²) in [7, 11) is 1.63. The van der Waals surface area contributed by atoms with Gasteiger partial charge in [0, 0.05) is 13.2 Å². The second kappa shape index (κ2) is 37.3. The molecule has 0 rings (SSSR count). The van der Waals surface area contributed by atoms with E-state index < -0.39 is 13.9 Å². The number of unbranched alkanes of at least 4 members (excludes halogenated alkanes) is 28. The average Bonchev–Trinajstić information content (AvgIpc) is 3.06. The first-order valence-electron chi connectivity index (χ1n) is 21.9. The van der Waals surface area contributed by atoms with E-state index in [4.69, 9.17) is 13.8 Å². The van der Waals surface area contributed by atoms with E-state index in [1.165, 1.54) is 173 Å². The Hall–Kier alpha value is -0.0100. The van der Waals surface area contributed by atoms with Crippen LogP contribution in [-0.4, -0.2) is 71.2 Å². The topological polar surface area (TPSA) is 79.9 Å². The summed E-state index contributed by atoms with van der Waals surface area (Å²) in [4.78, 5) is 12.6. The summed E-state index contributed by atoms with van der Waals surface area (Å²) in [6.45, 7) is 7.48. The SMILES string of the molecule is CCCCCCCCCCCCCCCCCCCCNCC(COCCCCCCCCCCCCCC)OP(=O)([O-])OCC[N+](C)(C)C. The van der Waals surface area contributed by atoms with Gasteiger partial charge in [0.1, 0.15) is 19.3 Å². The highest BCUT2D eigenvalue weighted by Gasteiger charge is 2.20. The maximum absolute atomic E-state index is 12.6. The van der Waals surface area contributed by atoms with Crippen LogP contribution in [0.2, 0.25) is 0 Å². The van der Waals surface area contributed by atoms with Crippen molar-refractivity contribution in [3.05, 3.63) is 0 Å². The predicted octanol–water partition coefficient (Wildman–Crippen LogP) is 11.9. The molecule has 0 spiro atoms. The minimum absolute atomic E-state index is 0.115. The Kier molecular flexibility index (Phi) is 37.3. The molecule has 302 valence electrons. The van der Waals surface area contributed by atoms with E-state index in [1.807, 2.05) is 21.1 Å². The van der Waals surface area contributed by atoms with Crippen molar-refractivity contribution in [3.8, 4) is 0 Å². The van der Waals surface area contributed by atoms with E-state index in [-0.39, 0.29) is 13.2 Å². The van der Waals surface area contributed by atoms with Crippen LogP contribution in [0.5, 0.6) is 0 Å². The number of rotatable bonds is 42. The molecule has 0 aliphatic rings. The number of quaternary nitrogens is 1. The summed E-state index contributed by atoms with van der Waals surface area (Å²) in [5.41, 5.74) is 0. The van der Waals surface area contributed by atoms with E-state index >= 15 is 0 Å². The van der Waals surface area contributed by atoms with Crippen LogP contribution in [0, 0.1) is 0 Å². The van der Waals surface area contributed by atoms with Crippen molar-refractivity contribution >= 4 is 7.82 Å². The first kappa shape index (κ1) is 50.0. The number of phosphoric ester groups is 1. The molecule has 0 amide bonds. The van der Waals surface area contributed by atoms with Gasteiger partial charge in [-0.1, -0.05) is 194 Å². The quantitative estimate of drug-likeness (QED) is 0.0382. The van der Waals surface area contributed by atoms with Gasteiger partial charge in [-0.3, -0.25) is 4.57 Å². The van der Waals surface area contributed by atoms with E-state index in [0.717, 1.165) is 25.8 Å². The molecule has 0 aromatic rings. The summed E-state index contributed by atoms with van der Waals surface area (Å²) in [6.07, 6.45) is 39.7. The highest BCUT2D eigenvalue weighted by Crippen LogP contribution is 2.39. The summed E-state index contributed by atoms with van der Waals surface area (Å²) in [6, 6.07) is 0. The minimum Gasteiger partial charge on any atom is -0.756 e. The van der Waals surface area contributed by atoms with Crippen LogP contribution in [-0.2, 0) is 18.3 Å². The van der Waals surface area contributed by atoms with Crippen LogP contribution in [0.3, 0.4) is 0 Å². The van der Waals surface area contributed by atoms with Gasteiger partial charge in [-0.05, 0) is 19.4 Å². The van der Waals surface area contributed by atoms with Gasteiger partial charge >= 0.3 is 0 Å². The Morgan fingerprint density at radius 3 is 1.28 bits per heavy atom. The highest BCUT2D eigenvalue weighted by molar-refractivity contribution is 7.45. The van der Waals surface area contributed by atoms with Crippen molar-refractivity contribution in [2.24, 2.45) is 0 Å². The van der Waals surface area contributed by atoms with Gasteiger partial charge in [0.05, 0.1) is 27.7 Å². The molecule has 2 atom stereocenters. The Morgan fingerprint density at radius 2 is 0.900 bits per heavy atom. The molecule has 8 heteroatoms. The standard InChI is InChI=1S/C42H89N2O5P/c1-6-8-10-12-14-16-18-20-21-22-23-24-25-26-28-30-32-34-36-43-40-42(49-50(45,46)48-39-37-44(3,4)5)41-47-38-35-33-31-29-27-19-17-15-13-11-9-7-2/h42-43H,6-41H2,1-5H3. The summed E-state index contributed by atoms with van der Waals surface area (Å²) in [5.74, 6) is 0. The molecule has 0 aromatic heterocycles. The predicted molar refractivity (Wildman–Crippen MR) is 215 cm³/mol.